The van der Waals surface area contributed by atoms with E-state index in [-0.39, 0.29) is 30.5 Å². The number of nitrogens with zero attached hydrogens (tertiary/aromatic N) is 2. The zero-order valence-electron chi connectivity index (χ0n) is 15.2. The van der Waals surface area contributed by atoms with E-state index < -0.39 is 5.60 Å². The summed E-state index contributed by atoms with van der Waals surface area (Å²) in [5.41, 5.74) is 0.414. The van der Waals surface area contributed by atoms with Crippen LogP contribution < -0.4 is 10.6 Å². The highest BCUT2D eigenvalue weighted by atomic mass is 127. The Labute approximate surface area is 171 Å². The van der Waals surface area contributed by atoms with Gasteiger partial charge in [-0.15, -0.1) is 24.0 Å². The molecule has 26 heavy (non-hydrogen) atoms. The molecular formula is C19H25IN4O2. The minimum atomic E-state index is -1.15. The molecule has 3 N–H and O–H groups in total. The number of nitrogens with one attached hydrogen (secondary N) is 2. The number of aryl methyl sites for hydroxylation is 1. The monoisotopic (exact) mass is 468 g/mol. The van der Waals surface area contributed by atoms with E-state index in [0.29, 0.717) is 30.4 Å². The first-order valence-corrected chi connectivity index (χ1v) is 8.25. The number of hydrogen-bond acceptors (Lipinski definition) is 4. The van der Waals surface area contributed by atoms with Crippen LogP contribution >= 0.6 is 24.0 Å². The molecule has 0 saturated heterocycles. The number of furan rings is 1. The second kappa shape index (κ2) is 10.2. The smallest absolute Gasteiger partial charge is 0.191 e. The van der Waals surface area contributed by atoms with Crippen LogP contribution in [0.25, 0.3) is 0 Å². The predicted octanol–water partition coefficient (Wildman–Crippen LogP) is 3.04. The quantitative estimate of drug-likeness (QED) is 0.344. The van der Waals surface area contributed by atoms with E-state index in [1.807, 2.05) is 38.1 Å². The summed E-state index contributed by atoms with van der Waals surface area (Å²) < 4.78 is 5.51. The highest BCUT2D eigenvalue weighted by Crippen LogP contribution is 2.21. The van der Waals surface area contributed by atoms with Crippen LogP contribution in [0.1, 0.15) is 36.5 Å². The van der Waals surface area contributed by atoms with E-state index in [4.69, 9.17) is 9.68 Å². The van der Waals surface area contributed by atoms with Gasteiger partial charge in [0.05, 0.1) is 24.7 Å². The van der Waals surface area contributed by atoms with Crippen molar-refractivity contribution in [3.8, 4) is 6.07 Å². The number of halogens is 1. The lowest BCUT2D eigenvalue weighted by molar-refractivity contribution is 0.0378. The molecule has 1 aromatic carbocycles. The summed E-state index contributed by atoms with van der Waals surface area (Å²) in [6, 6.07) is 13.1. The largest absolute Gasteiger partial charge is 0.463 e. The Bertz CT molecular complexity index is 778. The standard InChI is InChI=1S/C19H24N4O2.HI/c1-4-21-18(22-12-16-7-5-6-15(10-16)11-20)23-13-19(3,24)17-9-8-14(2)25-17;/h5-10,24H,4,12-13H2,1-3H3,(H2,21,22,23);1H. The lowest BCUT2D eigenvalue weighted by Crippen LogP contribution is -2.44. The van der Waals surface area contributed by atoms with Crippen LogP contribution in [-0.4, -0.2) is 24.2 Å². The fourth-order valence-corrected chi connectivity index (χ4v) is 2.32. The summed E-state index contributed by atoms with van der Waals surface area (Å²) in [4.78, 5) is 4.50. The highest BCUT2D eigenvalue weighted by Gasteiger charge is 2.27. The van der Waals surface area contributed by atoms with Gasteiger partial charge < -0.3 is 20.2 Å². The number of hydrogen-bond donors (Lipinski definition) is 3. The third kappa shape index (κ3) is 6.35. The lowest BCUT2D eigenvalue weighted by atomic mass is 10.0. The van der Waals surface area contributed by atoms with E-state index in [0.717, 1.165) is 11.3 Å². The summed E-state index contributed by atoms with van der Waals surface area (Å²) in [5, 5.41) is 25.8. The summed E-state index contributed by atoms with van der Waals surface area (Å²) in [7, 11) is 0. The third-order valence-electron chi connectivity index (χ3n) is 3.69. The van der Waals surface area contributed by atoms with Crippen molar-refractivity contribution in [1.29, 1.82) is 5.26 Å². The molecule has 0 saturated carbocycles. The van der Waals surface area contributed by atoms with Crippen molar-refractivity contribution in [3.05, 3.63) is 59.0 Å². The van der Waals surface area contributed by atoms with Gasteiger partial charge in [-0.1, -0.05) is 12.1 Å². The molecule has 0 aliphatic carbocycles. The normalized spacial score (nSPS) is 13.3. The molecule has 0 fully saturated rings. The van der Waals surface area contributed by atoms with Crippen molar-refractivity contribution in [2.45, 2.75) is 32.9 Å². The number of benzene rings is 1. The number of rotatable bonds is 6. The van der Waals surface area contributed by atoms with Crippen LogP contribution in [0.4, 0.5) is 0 Å². The van der Waals surface area contributed by atoms with Crippen LogP contribution in [0.15, 0.2) is 45.8 Å². The molecule has 0 aliphatic heterocycles. The Morgan fingerprint density at radius 2 is 2.08 bits per heavy atom. The van der Waals surface area contributed by atoms with E-state index in [1.54, 1.807) is 19.1 Å². The predicted molar refractivity (Wildman–Crippen MR) is 112 cm³/mol. The van der Waals surface area contributed by atoms with Gasteiger partial charge in [0.2, 0.25) is 0 Å². The van der Waals surface area contributed by atoms with E-state index in [2.05, 4.69) is 21.7 Å². The van der Waals surface area contributed by atoms with Crippen molar-refractivity contribution in [1.82, 2.24) is 10.6 Å². The van der Waals surface area contributed by atoms with Crippen molar-refractivity contribution in [2.75, 3.05) is 13.1 Å². The van der Waals surface area contributed by atoms with E-state index >= 15 is 0 Å². The van der Waals surface area contributed by atoms with Crippen LogP contribution in [0.2, 0.25) is 0 Å². The first-order chi connectivity index (χ1) is 11.9. The van der Waals surface area contributed by atoms with Gasteiger partial charge >= 0.3 is 0 Å². The Balaban J connectivity index is 0.00000338. The Morgan fingerprint density at radius 1 is 1.31 bits per heavy atom. The maximum Gasteiger partial charge on any atom is 0.191 e. The second-order valence-electron chi connectivity index (χ2n) is 6.05. The maximum absolute atomic E-state index is 10.6. The van der Waals surface area contributed by atoms with Gasteiger partial charge in [-0.25, -0.2) is 4.99 Å². The van der Waals surface area contributed by atoms with E-state index in [1.165, 1.54) is 0 Å². The van der Waals surface area contributed by atoms with Crippen molar-refractivity contribution in [2.24, 2.45) is 4.99 Å². The fourth-order valence-electron chi connectivity index (χ4n) is 2.32. The molecule has 0 spiro atoms. The van der Waals surface area contributed by atoms with Gasteiger partial charge in [0.15, 0.2) is 5.96 Å². The second-order valence-corrected chi connectivity index (χ2v) is 6.05. The summed E-state index contributed by atoms with van der Waals surface area (Å²) in [6.07, 6.45) is 0. The fraction of sp³-hybridized carbons (Fsp3) is 0.368. The molecule has 1 heterocycles. The summed E-state index contributed by atoms with van der Waals surface area (Å²) >= 11 is 0. The van der Waals surface area contributed by atoms with Gasteiger partial charge in [0.25, 0.3) is 0 Å². The van der Waals surface area contributed by atoms with Crippen molar-refractivity contribution < 1.29 is 9.52 Å². The average Bonchev–Trinajstić information content (AvgIpc) is 3.05. The number of guanidine groups is 1. The van der Waals surface area contributed by atoms with E-state index in [9.17, 15) is 5.11 Å². The third-order valence-corrected chi connectivity index (χ3v) is 3.69. The first kappa shape index (κ1) is 22.0. The molecule has 7 heteroatoms. The molecule has 6 nitrogen and oxygen atoms in total. The molecule has 1 unspecified atom stereocenters. The molecule has 0 aliphatic rings. The Morgan fingerprint density at radius 3 is 2.69 bits per heavy atom. The minimum Gasteiger partial charge on any atom is -0.463 e. The number of aliphatic hydroxyl groups is 1. The minimum absolute atomic E-state index is 0. The van der Waals surface area contributed by atoms with Gasteiger partial charge in [-0.05, 0) is 50.6 Å². The van der Waals surface area contributed by atoms with Gasteiger partial charge in [0, 0.05) is 6.54 Å². The van der Waals surface area contributed by atoms with Crippen LogP contribution in [0, 0.1) is 18.3 Å². The molecule has 1 aromatic heterocycles. The number of nitriles is 1. The Hall–Kier alpha value is -2.05. The zero-order valence-corrected chi connectivity index (χ0v) is 17.6. The molecule has 2 aromatic rings. The average molecular weight is 468 g/mol. The SMILES string of the molecule is CCNC(=NCc1cccc(C#N)c1)NCC(C)(O)c1ccc(C)o1.I. The van der Waals surface area contributed by atoms with Gasteiger partial charge in [-0.3, -0.25) is 0 Å². The Kier molecular flexibility index (Phi) is 8.61. The zero-order chi connectivity index (χ0) is 18.3. The van der Waals surface area contributed by atoms with Gasteiger partial charge in [0.1, 0.15) is 17.1 Å². The molecule has 0 radical (unpaired) electrons. The van der Waals surface area contributed by atoms with Crippen molar-refractivity contribution >= 4 is 29.9 Å². The summed E-state index contributed by atoms with van der Waals surface area (Å²) in [5.74, 6) is 1.86. The molecular weight excluding hydrogens is 443 g/mol. The lowest BCUT2D eigenvalue weighted by Gasteiger charge is -2.22. The number of aliphatic imine (C=N–C) groups is 1. The van der Waals surface area contributed by atoms with Crippen LogP contribution in [-0.2, 0) is 12.1 Å². The van der Waals surface area contributed by atoms with Crippen LogP contribution in [0.3, 0.4) is 0 Å². The molecule has 0 bridgehead atoms. The first-order valence-electron chi connectivity index (χ1n) is 8.25. The molecule has 140 valence electrons. The molecule has 0 amide bonds. The highest BCUT2D eigenvalue weighted by molar-refractivity contribution is 14.0. The van der Waals surface area contributed by atoms with Gasteiger partial charge in [-0.2, -0.15) is 5.26 Å². The molecule has 2 rings (SSSR count). The molecule has 1 atom stereocenters. The van der Waals surface area contributed by atoms with Crippen molar-refractivity contribution in [3.63, 3.8) is 0 Å². The maximum atomic E-state index is 10.6. The topological polar surface area (TPSA) is 93.6 Å². The van der Waals surface area contributed by atoms with Crippen LogP contribution in [0.5, 0.6) is 0 Å². The summed E-state index contributed by atoms with van der Waals surface area (Å²) in [6.45, 7) is 6.90.